The number of allylic oxidation sites excluding steroid dienone is 1. The molecule has 0 bridgehead atoms. The quantitative estimate of drug-likeness (QED) is 0.234. The Labute approximate surface area is 230 Å². The lowest BCUT2D eigenvalue weighted by Gasteiger charge is -2.23. The van der Waals surface area contributed by atoms with Crippen LogP contribution in [0.1, 0.15) is 41.7 Å². The standard InChI is InChI=1S/C27H24IN3O3S2/c1-5-34-26(33)23-16(3)29-27-31(24(23)21-7-6-12-35-21)25(32)22(36-27)14-18-13-15(2)30(17(18)4)20-10-8-19(28)9-11-20/h6-14,24H,5H2,1-4H3/b22-14-/t24-/m1/s1. The number of aromatic nitrogens is 2. The van der Waals surface area contributed by atoms with Gasteiger partial charge in [0, 0.05) is 25.5 Å². The molecule has 0 spiro atoms. The Bertz CT molecular complexity index is 1670. The zero-order valence-electron chi connectivity index (χ0n) is 20.2. The smallest absolute Gasteiger partial charge is 0.338 e. The fraction of sp³-hybridized carbons (Fsp3) is 0.222. The molecule has 36 heavy (non-hydrogen) atoms. The van der Waals surface area contributed by atoms with Gasteiger partial charge in [-0.2, -0.15) is 0 Å². The summed E-state index contributed by atoms with van der Waals surface area (Å²) in [6.45, 7) is 7.96. The van der Waals surface area contributed by atoms with E-state index in [0.717, 1.165) is 27.5 Å². The third kappa shape index (κ3) is 4.33. The summed E-state index contributed by atoms with van der Waals surface area (Å²) in [5, 5.41) is 1.95. The van der Waals surface area contributed by atoms with E-state index in [-0.39, 0.29) is 12.2 Å². The van der Waals surface area contributed by atoms with E-state index in [4.69, 9.17) is 4.74 Å². The number of thiazole rings is 1. The Hall–Kier alpha value is -2.76. The Balaban J connectivity index is 1.67. The second-order valence-corrected chi connectivity index (χ2v) is 11.7. The monoisotopic (exact) mass is 629 g/mol. The van der Waals surface area contributed by atoms with Crippen LogP contribution in [0, 0.1) is 17.4 Å². The first-order valence-electron chi connectivity index (χ1n) is 11.5. The van der Waals surface area contributed by atoms with Gasteiger partial charge in [0.05, 0.1) is 22.4 Å². The number of halogens is 1. The van der Waals surface area contributed by atoms with Crippen molar-refractivity contribution in [3.8, 4) is 5.69 Å². The largest absolute Gasteiger partial charge is 0.463 e. The number of rotatable bonds is 5. The number of benzene rings is 1. The number of aryl methyl sites for hydroxylation is 1. The number of carbonyl (C=O) groups excluding carboxylic acids is 1. The maximum Gasteiger partial charge on any atom is 0.338 e. The van der Waals surface area contributed by atoms with Crippen molar-refractivity contribution < 1.29 is 9.53 Å². The van der Waals surface area contributed by atoms with Crippen molar-refractivity contribution in [2.75, 3.05) is 6.61 Å². The second-order valence-electron chi connectivity index (χ2n) is 8.46. The third-order valence-electron chi connectivity index (χ3n) is 6.17. The van der Waals surface area contributed by atoms with Gasteiger partial charge < -0.3 is 9.30 Å². The summed E-state index contributed by atoms with van der Waals surface area (Å²) in [5.41, 5.74) is 5.03. The fourth-order valence-electron chi connectivity index (χ4n) is 4.57. The van der Waals surface area contributed by atoms with E-state index in [9.17, 15) is 9.59 Å². The highest BCUT2D eigenvalue weighted by Gasteiger charge is 2.33. The van der Waals surface area contributed by atoms with Crippen molar-refractivity contribution in [3.05, 3.63) is 104 Å². The van der Waals surface area contributed by atoms with Crippen LogP contribution < -0.4 is 14.9 Å². The summed E-state index contributed by atoms with van der Waals surface area (Å²) in [7, 11) is 0. The third-order valence-corrected chi connectivity index (χ3v) is 8.80. The molecular weight excluding hydrogens is 605 g/mol. The zero-order valence-corrected chi connectivity index (χ0v) is 24.0. The number of carbonyl (C=O) groups is 1. The molecule has 0 saturated heterocycles. The second kappa shape index (κ2) is 9.95. The molecule has 0 aliphatic carbocycles. The highest BCUT2D eigenvalue weighted by Crippen LogP contribution is 2.33. The lowest BCUT2D eigenvalue weighted by Crippen LogP contribution is -2.39. The van der Waals surface area contributed by atoms with Crippen LogP contribution in [0.5, 0.6) is 0 Å². The Morgan fingerprint density at radius 2 is 1.94 bits per heavy atom. The molecule has 0 fully saturated rings. The summed E-state index contributed by atoms with van der Waals surface area (Å²) >= 11 is 5.16. The Kier molecular flexibility index (Phi) is 6.88. The van der Waals surface area contributed by atoms with Crippen molar-refractivity contribution in [2.45, 2.75) is 33.7 Å². The molecular formula is C27H24IN3O3S2. The molecule has 1 aliphatic rings. The molecule has 184 valence electrons. The van der Waals surface area contributed by atoms with Crippen molar-refractivity contribution in [1.29, 1.82) is 0 Å². The zero-order chi connectivity index (χ0) is 25.6. The molecule has 3 aromatic heterocycles. The predicted molar refractivity (Wildman–Crippen MR) is 153 cm³/mol. The van der Waals surface area contributed by atoms with Crippen LogP contribution in [0.2, 0.25) is 0 Å². The van der Waals surface area contributed by atoms with Crippen LogP contribution >= 0.6 is 45.3 Å². The summed E-state index contributed by atoms with van der Waals surface area (Å²) in [4.78, 5) is 32.8. The van der Waals surface area contributed by atoms with E-state index in [0.29, 0.717) is 20.6 Å². The van der Waals surface area contributed by atoms with Crippen LogP contribution in [0.4, 0.5) is 0 Å². The van der Waals surface area contributed by atoms with Gasteiger partial charge in [0.15, 0.2) is 4.80 Å². The van der Waals surface area contributed by atoms with Crippen molar-refractivity contribution in [1.82, 2.24) is 9.13 Å². The van der Waals surface area contributed by atoms with Gasteiger partial charge in [0.1, 0.15) is 6.04 Å². The van der Waals surface area contributed by atoms with Crippen LogP contribution in [-0.2, 0) is 9.53 Å². The molecule has 0 N–H and O–H groups in total. The van der Waals surface area contributed by atoms with Gasteiger partial charge in [0.2, 0.25) is 0 Å². The molecule has 4 aromatic rings. The number of esters is 1. The van der Waals surface area contributed by atoms with Gasteiger partial charge >= 0.3 is 5.97 Å². The molecule has 9 heteroatoms. The first kappa shape index (κ1) is 24.9. The van der Waals surface area contributed by atoms with Crippen molar-refractivity contribution >= 4 is 57.3 Å². The molecule has 1 aromatic carbocycles. The van der Waals surface area contributed by atoms with Crippen LogP contribution in [0.15, 0.2) is 68.9 Å². The van der Waals surface area contributed by atoms with Crippen LogP contribution in [0.3, 0.4) is 0 Å². The van der Waals surface area contributed by atoms with Crippen molar-refractivity contribution in [2.24, 2.45) is 4.99 Å². The summed E-state index contributed by atoms with van der Waals surface area (Å²) < 4.78 is 10.9. The minimum Gasteiger partial charge on any atom is -0.463 e. The minimum absolute atomic E-state index is 0.162. The number of nitrogens with zero attached hydrogens (tertiary/aromatic N) is 3. The minimum atomic E-state index is -0.554. The molecule has 0 radical (unpaired) electrons. The SMILES string of the molecule is CCOC(=O)C1=C(C)N=c2s/c(=C\c3cc(C)n(-c4ccc(I)cc4)c3C)c(=O)n2[C@@H]1c1cccs1. The molecule has 1 atom stereocenters. The first-order chi connectivity index (χ1) is 17.3. The normalized spacial score (nSPS) is 15.7. The molecule has 0 amide bonds. The lowest BCUT2D eigenvalue weighted by atomic mass is 10.0. The first-order valence-corrected chi connectivity index (χ1v) is 14.3. The number of hydrogen-bond donors (Lipinski definition) is 0. The fourth-order valence-corrected chi connectivity index (χ4v) is 6.79. The van der Waals surface area contributed by atoms with E-state index in [1.165, 1.54) is 26.2 Å². The molecule has 4 heterocycles. The van der Waals surface area contributed by atoms with Crippen molar-refractivity contribution in [3.63, 3.8) is 0 Å². The molecule has 6 nitrogen and oxygen atoms in total. The average molecular weight is 630 g/mol. The molecule has 0 unspecified atom stereocenters. The molecule has 5 rings (SSSR count). The van der Waals surface area contributed by atoms with Crippen LogP contribution in [-0.4, -0.2) is 21.7 Å². The average Bonchev–Trinajstić information content (AvgIpc) is 3.54. The van der Waals surface area contributed by atoms with E-state index in [1.54, 1.807) is 18.4 Å². The van der Waals surface area contributed by atoms with Gasteiger partial charge in [-0.25, -0.2) is 9.79 Å². The Morgan fingerprint density at radius 1 is 1.19 bits per heavy atom. The molecule has 1 aliphatic heterocycles. The van der Waals surface area contributed by atoms with E-state index in [2.05, 4.69) is 76.3 Å². The number of fused-ring (bicyclic) bond motifs is 1. The van der Waals surface area contributed by atoms with Gasteiger partial charge in [-0.05, 0) is 104 Å². The predicted octanol–water partition coefficient (Wildman–Crippen LogP) is 4.87. The summed E-state index contributed by atoms with van der Waals surface area (Å²) in [6.07, 6.45) is 1.93. The van der Waals surface area contributed by atoms with Gasteiger partial charge in [-0.3, -0.25) is 9.36 Å². The van der Waals surface area contributed by atoms with E-state index < -0.39 is 12.0 Å². The van der Waals surface area contributed by atoms with E-state index >= 15 is 0 Å². The maximum atomic E-state index is 13.8. The Morgan fingerprint density at radius 3 is 2.61 bits per heavy atom. The lowest BCUT2D eigenvalue weighted by molar-refractivity contribution is -0.139. The number of thiophene rings is 1. The van der Waals surface area contributed by atoms with Gasteiger partial charge in [-0.15, -0.1) is 11.3 Å². The van der Waals surface area contributed by atoms with Gasteiger partial charge in [-0.1, -0.05) is 17.4 Å². The highest BCUT2D eigenvalue weighted by molar-refractivity contribution is 14.1. The van der Waals surface area contributed by atoms with E-state index in [1.807, 2.05) is 23.6 Å². The number of hydrogen-bond acceptors (Lipinski definition) is 6. The van der Waals surface area contributed by atoms with Gasteiger partial charge in [0.25, 0.3) is 5.56 Å². The maximum absolute atomic E-state index is 13.8. The summed E-state index contributed by atoms with van der Waals surface area (Å²) in [5.74, 6) is -0.438. The number of ether oxygens (including phenoxy) is 1. The highest BCUT2D eigenvalue weighted by atomic mass is 127. The van der Waals surface area contributed by atoms with Crippen LogP contribution in [0.25, 0.3) is 11.8 Å². The molecule has 0 saturated carbocycles. The topological polar surface area (TPSA) is 65.6 Å². The summed E-state index contributed by atoms with van der Waals surface area (Å²) in [6, 6.07) is 13.8.